The van der Waals surface area contributed by atoms with E-state index in [-0.39, 0.29) is 18.2 Å². The van der Waals surface area contributed by atoms with E-state index in [1.54, 1.807) is 0 Å². The van der Waals surface area contributed by atoms with Crippen molar-refractivity contribution in [1.82, 2.24) is 5.32 Å². The smallest absolute Gasteiger partial charge is 0.491 e. The first kappa shape index (κ1) is 17.8. The molecule has 1 rings (SSSR count). The van der Waals surface area contributed by atoms with E-state index in [0.717, 1.165) is 0 Å². The highest BCUT2D eigenvalue weighted by atomic mass is 19.4. The summed E-state index contributed by atoms with van der Waals surface area (Å²) in [5.74, 6) is -2.26. The zero-order valence-electron chi connectivity index (χ0n) is 12.3. The molecule has 0 atom stereocenters. The maximum atomic E-state index is 12.3. The Bertz CT molecular complexity index is 570. The van der Waals surface area contributed by atoms with Crippen LogP contribution in [-0.4, -0.2) is 31.7 Å². The highest BCUT2D eigenvalue weighted by molar-refractivity contribution is 5.78. The van der Waals surface area contributed by atoms with Crippen molar-refractivity contribution in [3.63, 3.8) is 0 Å². The molecule has 5 nitrogen and oxygen atoms in total. The Hall–Kier alpha value is -2.25. The first-order chi connectivity index (χ1) is 10.1. The summed E-state index contributed by atoms with van der Waals surface area (Å²) in [6.45, 7) is 3.13. The number of carbonyl (C=O) groups excluding carboxylic acids is 2. The molecule has 1 amide bonds. The van der Waals surface area contributed by atoms with Crippen molar-refractivity contribution in [3.8, 4) is 11.5 Å². The van der Waals surface area contributed by atoms with Gasteiger partial charge in [0.15, 0.2) is 0 Å². The Kier molecular flexibility index (Phi) is 5.78. The molecule has 0 radical (unpaired) electrons. The van der Waals surface area contributed by atoms with Gasteiger partial charge in [-0.3, -0.25) is 4.79 Å². The standard InChI is InChI=1S/C14H16F3NO4/c1-8-6-12(21-3)10(4-5-18-9(2)19)7-11(8)22-13(20)14(15,16)17/h6-7H,4-5H2,1-3H3,(H,18,19). The Morgan fingerprint density at radius 1 is 1.23 bits per heavy atom. The molecule has 0 saturated carbocycles. The average molecular weight is 319 g/mol. The largest absolute Gasteiger partial charge is 0.496 e. The Labute approximate surface area is 125 Å². The van der Waals surface area contributed by atoms with E-state index in [9.17, 15) is 22.8 Å². The van der Waals surface area contributed by atoms with Crippen molar-refractivity contribution >= 4 is 11.9 Å². The van der Waals surface area contributed by atoms with E-state index in [0.29, 0.717) is 23.3 Å². The molecule has 0 bridgehead atoms. The van der Waals surface area contributed by atoms with E-state index < -0.39 is 12.1 Å². The maximum absolute atomic E-state index is 12.3. The monoisotopic (exact) mass is 319 g/mol. The van der Waals surface area contributed by atoms with Crippen molar-refractivity contribution in [3.05, 3.63) is 23.3 Å². The number of carbonyl (C=O) groups is 2. The van der Waals surface area contributed by atoms with E-state index in [1.807, 2.05) is 0 Å². The lowest BCUT2D eigenvalue weighted by molar-refractivity contribution is -0.189. The van der Waals surface area contributed by atoms with Crippen LogP contribution in [0.15, 0.2) is 12.1 Å². The lowest BCUT2D eigenvalue weighted by Crippen LogP contribution is -2.28. The highest BCUT2D eigenvalue weighted by Gasteiger charge is 2.41. The number of aryl methyl sites for hydroxylation is 1. The topological polar surface area (TPSA) is 64.6 Å². The van der Waals surface area contributed by atoms with Crippen LogP contribution in [0.1, 0.15) is 18.1 Å². The molecule has 8 heteroatoms. The van der Waals surface area contributed by atoms with Crippen molar-refractivity contribution < 1.29 is 32.2 Å². The summed E-state index contributed by atoms with van der Waals surface area (Å²) in [6, 6.07) is 2.78. The molecular weight excluding hydrogens is 303 g/mol. The molecule has 1 aromatic rings. The molecule has 0 aliphatic rings. The number of hydrogen-bond acceptors (Lipinski definition) is 4. The second-order valence-electron chi connectivity index (χ2n) is 4.55. The van der Waals surface area contributed by atoms with Crippen LogP contribution < -0.4 is 14.8 Å². The van der Waals surface area contributed by atoms with E-state index in [4.69, 9.17) is 4.74 Å². The highest BCUT2D eigenvalue weighted by Crippen LogP contribution is 2.30. The normalized spacial score (nSPS) is 11.0. The van der Waals surface area contributed by atoms with Crippen molar-refractivity contribution in [2.75, 3.05) is 13.7 Å². The van der Waals surface area contributed by atoms with E-state index >= 15 is 0 Å². The van der Waals surface area contributed by atoms with Gasteiger partial charge < -0.3 is 14.8 Å². The van der Waals surface area contributed by atoms with Gasteiger partial charge in [-0.25, -0.2) is 4.79 Å². The minimum atomic E-state index is -5.07. The first-order valence-corrected chi connectivity index (χ1v) is 6.36. The summed E-state index contributed by atoms with van der Waals surface area (Å²) in [5.41, 5.74) is 0.851. The first-order valence-electron chi connectivity index (χ1n) is 6.36. The molecule has 0 aliphatic carbocycles. The summed E-state index contributed by atoms with van der Waals surface area (Å²) in [4.78, 5) is 21.7. The maximum Gasteiger partial charge on any atom is 0.491 e. The van der Waals surface area contributed by atoms with Gasteiger partial charge in [0.1, 0.15) is 11.5 Å². The number of amides is 1. The molecule has 0 unspecified atom stereocenters. The minimum Gasteiger partial charge on any atom is -0.496 e. The van der Waals surface area contributed by atoms with Crippen LogP contribution in [-0.2, 0) is 16.0 Å². The van der Waals surface area contributed by atoms with Gasteiger partial charge in [0.25, 0.3) is 0 Å². The molecule has 22 heavy (non-hydrogen) atoms. The summed E-state index contributed by atoms with van der Waals surface area (Å²) >= 11 is 0. The number of rotatable bonds is 5. The third-order valence-electron chi connectivity index (χ3n) is 2.78. The zero-order chi connectivity index (χ0) is 16.9. The molecular formula is C14H16F3NO4. The number of ether oxygens (including phenoxy) is 2. The molecule has 1 aromatic carbocycles. The van der Waals surface area contributed by atoms with Crippen LogP contribution in [0.3, 0.4) is 0 Å². The number of benzene rings is 1. The zero-order valence-corrected chi connectivity index (χ0v) is 12.3. The van der Waals surface area contributed by atoms with Crippen LogP contribution in [0.25, 0.3) is 0 Å². The van der Waals surface area contributed by atoms with Crippen LogP contribution in [0.5, 0.6) is 11.5 Å². The second-order valence-corrected chi connectivity index (χ2v) is 4.55. The summed E-state index contributed by atoms with van der Waals surface area (Å²) < 4.78 is 46.3. The van der Waals surface area contributed by atoms with Crippen LogP contribution in [0, 0.1) is 6.92 Å². The second kappa shape index (κ2) is 7.15. The molecule has 1 N–H and O–H groups in total. The van der Waals surface area contributed by atoms with Gasteiger partial charge in [-0.05, 0) is 36.6 Å². The molecule has 0 fully saturated rings. The van der Waals surface area contributed by atoms with Crippen molar-refractivity contribution in [2.24, 2.45) is 0 Å². The lowest BCUT2D eigenvalue weighted by Gasteiger charge is -2.14. The van der Waals surface area contributed by atoms with Crippen LogP contribution in [0.2, 0.25) is 0 Å². The minimum absolute atomic E-state index is 0.194. The molecule has 0 spiro atoms. The Morgan fingerprint density at radius 2 is 1.86 bits per heavy atom. The summed E-state index contributed by atoms with van der Waals surface area (Å²) in [6.07, 6.45) is -4.75. The lowest BCUT2D eigenvalue weighted by atomic mass is 10.1. The van der Waals surface area contributed by atoms with Gasteiger partial charge in [0.2, 0.25) is 5.91 Å². The predicted octanol–water partition coefficient (Wildman–Crippen LogP) is 2.15. The summed E-state index contributed by atoms with van der Waals surface area (Å²) in [5, 5.41) is 2.56. The summed E-state index contributed by atoms with van der Waals surface area (Å²) in [7, 11) is 1.41. The number of methoxy groups -OCH3 is 1. The number of hydrogen-bond donors (Lipinski definition) is 1. The van der Waals surface area contributed by atoms with E-state index in [2.05, 4.69) is 10.1 Å². The fourth-order valence-electron chi connectivity index (χ4n) is 1.73. The molecule has 0 aromatic heterocycles. The molecule has 122 valence electrons. The third kappa shape index (κ3) is 4.94. The van der Waals surface area contributed by atoms with Crippen molar-refractivity contribution in [1.29, 1.82) is 0 Å². The Balaban J connectivity index is 2.99. The number of esters is 1. The number of alkyl halides is 3. The molecule has 0 heterocycles. The SMILES string of the molecule is COc1cc(C)c(OC(=O)C(F)(F)F)cc1CCNC(C)=O. The quantitative estimate of drug-likeness (QED) is 0.667. The molecule has 0 saturated heterocycles. The number of nitrogens with one attached hydrogen (secondary N) is 1. The van der Waals surface area contributed by atoms with Gasteiger partial charge in [-0.2, -0.15) is 13.2 Å². The van der Waals surface area contributed by atoms with E-state index in [1.165, 1.54) is 33.1 Å². The van der Waals surface area contributed by atoms with Crippen LogP contribution >= 0.6 is 0 Å². The third-order valence-corrected chi connectivity index (χ3v) is 2.78. The van der Waals surface area contributed by atoms with Gasteiger partial charge >= 0.3 is 12.1 Å². The van der Waals surface area contributed by atoms with Gasteiger partial charge in [-0.15, -0.1) is 0 Å². The molecule has 0 aliphatic heterocycles. The average Bonchev–Trinajstić information content (AvgIpc) is 2.40. The van der Waals surface area contributed by atoms with Gasteiger partial charge in [0, 0.05) is 13.5 Å². The van der Waals surface area contributed by atoms with Crippen LogP contribution in [0.4, 0.5) is 13.2 Å². The fraction of sp³-hybridized carbons (Fsp3) is 0.429. The van der Waals surface area contributed by atoms with Gasteiger partial charge in [0.05, 0.1) is 7.11 Å². The van der Waals surface area contributed by atoms with Crippen molar-refractivity contribution in [2.45, 2.75) is 26.4 Å². The number of halogens is 3. The fourth-order valence-corrected chi connectivity index (χ4v) is 1.73. The van der Waals surface area contributed by atoms with Gasteiger partial charge in [-0.1, -0.05) is 0 Å². The predicted molar refractivity (Wildman–Crippen MR) is 71.8 cm³/mol. The Morgan fingerprint density at radius 3 is 2.36 bits per heavy atom.